The number of methoxy groups -OCH3 is 2. The van der Waals surface area contributed by atoms with Gasteiger partial charge < -0.3 is 20.1 Å². The number of benzene rings is 1. The minimum Gasteiger partial charge on any atom is -0.495 e. The van der Waals surface area contributed by atoms with E-state index < -0.39 is 0 Å². The average molecular weight is 390 g/mol. The van der Waals surface area contributed by atoms with Crippen LogP contribution in [0.5, 0.6) is 11.5 Å². The van der Waals surface area contributed by atoms with Gasteiger partial charge in [0.1, 0.15) is 11.5 Å². The summed E-state index contributed by atoms with van der Waals surface area (Å²) in [6, 6.07) is 6.85. The monoisotopic (exact) mass is 389 g/mol. The van der Waals surface area contributed by atoms with E-state index in [1.165, 1.54) is 14.2 Å². The van der Waals surface area contributed by atoms with E-state index in [-0.39, 0.29) is 23.7 Å². The Morgan fingerprint density at radius 1 is 1.19 bits per heavy atom. The van der Waals surface area contributed by atoms with Gasteiger partial charge in [0.2, 0.25) is 11.8 Å². The van der Waals surface area contributed by atoms with E-state index in [9.17, 15) is 9.59 Å². The summed E-state index contributed by atoms with van der Waals surface area (Å²) in [6.07, 6.45) is 3.88. The van der Waals surface area contributed by atoms with E-state index in [1.807, 2.05) is 12.1 Å². The maximum atomic E-state index is 12.5. The highest BCUT2D eigenvalue weighted by Gasteiger charge is 2.48. The molecular formula is C19H20ClN3O4. The van der Waals surface area contributed by atoms with Gasteiger partial charge in [0, 0.05) is 31.1 Å². The van der Waals surface area contributed by atoms with Crippen LogP contribution in [0, 0.1) is 11.8 Å². The number of nitrogens with zero attached hydrogens (tertiary/aromatic N) is 1. The number of amides is 2. The zero-order valence-corrected chi connectivity index (χ0v) is 15.7. The lowest BCUT2D eigenvalue weighted by Crippen LogP contribution is -2.27. The van der Waals surface area contributed by atoms with Gasteiger partial charge >= 0.3 is 0 Å². The first-order valence-electron chi connectivity index (χ1n) is 8.42. The summed E-state index contributed by atoms with van der Waals surface area (Å²) in [4.78, 5) is 28.7. The van der Waals surface area contributed by atoms with E-state index >= 15 is 0 Å². The van der Waals surface area contributed by atoms with E-state index in [1.54, 1.807) is 24.5 Å². The highest BCUT2D eigenvalue weighted by Crippen LogP contribution is 2.41. The van der Waals surface area contributed by atoms with Crippen LogP contribution in [-0.4, -0.2) is 31.0 Å². The smallest absolute Gasteiger partial charge is 0.228 e. The predicted octanol–water partition coefficient (Wildman–Crippen LogP) is 2.64. The van der Waals surface area contributed by atoms with Gasteiger partial charge in [-0.2, -0.15) is 0 Å². The van der Waals surface area contributed by atoms with Crippen molar-refractivity contribution in [3.05, 3.63) is 47.2 Å². The molecule has 1 fully saturated rings. The molecule has 1 aliphatic carbocycles. The molecule has 0 radical (unpaired) electrons. The highest BCUT2D eigenvalue weighted by molar-refractivity contribution is 6.32. The Labute approximate surface area is 162 Å². The van der Waals surface area contributed by atoms with Crippen molar-refractivity contribution in [3.63, 3.8) is 0 Å². The van der Waals surface area contributed by atoms with Gasteiger partial charge in [-0.3, -0.25) is 14.6 Å². The van der Waals surface area contributed by atoms with Crippen LogP contribution in [0.1, 0.15) is 12.0 Å². The molecule has 1 saturated carbocycles. The number of ether oxygens (including phenoxy) is 2. The first-order valence-corrected chi connectivity index (χ1v) is 8.80. The van der Waals surface area contributed by atoms with E-state index in [0.29, 0.717) is 35.2 Å². The molecule has 1 heterocycles. The fourth-order valence-electron chi connectivity index (χ4n) is 2.78. The third kappa shape index (κ3) is 4.49. The summed E-state index contributed by atoms with van der Waals surface area (Å²) in [5.41, 5.74) is 1.36. The first-order chi connectivity index (χ1) is 13.0. The fraction of sp³-hybridized carbons (Fsp3) is 0.316. The molecule has 1 aromatic carbocycles. The van der Waals surface area contributed by atoms with Gasteiger partial charge in [0.25, 0.3) is 0 Å². The molecular weight excluding hydrogens is 370 g/mol. The minimum atomic E-state index is -0.370. The molecule has 2 amide bonds. The van der Waals surface area contributed by atoms with Crippen molar-refractivity contribution in [1.29, 1.82) is 0 Å². The minimum absolute atomic E-state index is 0.139. The molecule has 2 N–H and O–H groups in total. The van der Waals surface area contributed by atoms with Crippen molar-refractivity contribution in [2.45, 2.75) is 13.0 Å². The Balaban J connectivity index is 1.58. The van der Waals surface area contributed by atoms with Gasteiger partial charge in [0.15, 0.2) is 0 Å². The number of carbonyl (C=O) groups excluding carboxylic acids is 2. The maximum absolute atomic E-state index is 12.5. The summed E-state index contributed by atoms with van der Waals surface area (Å²) < 4.78 is 10.4. The van der Waals surface area contributed by atoms with Crippen LogP contribution in [0.3, 0.4) is 0 Å². The van der Waals surface area contributed by atoms with Crippen molar-refractivity contribution in [2.75, 3.05) is 19.5 Å². The molecule has 1 aromatic heterocycles. The average Bonchev–Trinajstić information content (AvgIpc) is 3.49. The standard InChI is InChI=1S/C19H20ClN3O4/c1-26-16-8-15(17(27-2)7-14(16)20)23-19(25)13-6-12(13)18(24)22-10-11-4-3-5-21-9-11/h3-5,7-9,12-13H,6,10H2,1-2H3,(H,22,24)(H,23,25). The second-order valence-corrected chi connectivity index (χ2v) is 6.61. The number of hydrogen-bond acceptors (Lipinski definition) is 5. The van der Waals surface area contributed by atoms with Crippen molar-refractivity contribution >= 4 is 29.1 Å². The maximum Gasteiger partial charge on any atom is 0.228 e. The largest absolute Gasteiger partial charge is 0.495 e. The molecule has 0 bridgehead atoms. The molecule has 27 heavy (non-hydrogen) atoms. The normalized spacial score (nSPS) is 17.7. The number of hydrogen-bond donors (Lipinski definition) is 2. The molecule has 3 rings (SSSR count). The third-order valence-electron chi connectivity index (χ3n) is 4.39. The number of carbonyl (C=O) groups is 2. The summed E-state index contributed by atoms with van der Waals surface area (Å²) in [5, 5.41) is 6.01. The lowest BCUT2D eigenvalue weighted by molar-refractivity contribution is -0.125. The Bertz CT molecular complexity index is 844. The number of rotatable bonds is 7. The predicted molar refractivity (Wildman–Crippen MR) is 101 cm³/mol. The van der Waals surface area contributed by atoms with E-state index in [0.717, 1.165) is 5.56 Å². The van der Waals surface area contributed by atoms with Gasteiger partial charge in [0.05, 0.1) is 36.8 Å². The number of nitrogens with one attached hydrogen (secondary N) is 2. The zero-order chi connectivity index (χ0) is 19.4. The van der Waals surface area contributed by atoms with Crippen LogP contribution in [0.25, 0.3) is 0 Å². The van der Waals surface area contributed by atoms with Crippen molar-refractivity contribution < 1.29 is 19.1 Å². The van der Waals surface area contributed by atoms with Crippen LogP contribution in [0.15, 0.2) is 36.7 Å². The van der Waals surface area contributed by atoms with Crippen molar-refractivity contribution in [3.8, 4) is 11.5 Å². The van der Waals surface area contributed by atoms with Crippen LogP contribution in [-0.2, 0) is 16.1 Å². The lowest BCUT2D eigenvalue weighted by Gasteiger charge is -2.13. The van der Waals surface area contributed by atoms with Gasteiger partial charge in [-0.1, -0.05) is 17.7 Å². The summed E-state index contributed by atoms with van der Waals surface area (Å²) in [6.45, 7) is 0.389. The molecule has 2 atom stereocenters. The molecule has 7 nitrogen and oxygen atoms in total. The van der Waals surface area contributed by atoms with Crippen molar-refractivity contribution in [1.82, 2.24) is 10.3 Å². The Hall–Kier alpha value is -2.80. The topological polar surface area (TPSA) is 89.5 Å². The van der Waals surface area contributed by atoms with Gasteiger partial charge in [-0.05, 0) is 18.1 Å². The molecule has 2 unspecified atom stereocenters. The van der Waals surface area contributed by atoms with E-state index in [2.05, 4.69) is 15.6 Å². The first kappa shape index (κ1) is 19.0. The third-order valence-corrected chi connectivity index (χ3v) is 4.68. The fourth-order valence-corrected chi connectivity index (χ4v) is 3.01. The van der Waals surface area contributed by atoms with E-state index in [4.69, 9.17) is 21.1 Å². The van der Waals surface area contributed by atoms with Crippen LogP contribution in [0.2, 0.25) is 5.02 Å². The SMILES string of the molecule is COc1cc(NC(=O)C2CC2C(=O)NCc2cccnc2)c(OC)cc1Cl. The number of halogens is 1. The second kappa shape index (κ2) is 8.26. The molecule has 142 valence electrons. The molecule has 2 aromatic rings. The summed E-state index contributed by atoms with van der Waals surface area (Å²) >= 11 is 6.07. The molecule has 0 spiro atoms. The molecule has 1 aliphatic rings. The zero-order valence-electron chi connectivity index (χ0n) is 15.0. The van der Waals surface area contributed by atoms with Gasteiger partial charge in [-0.15, -0.1) is 0 Å². The van der Waals surface area contributed by atoms with Crippen LogP contribution < -0.4 is 20.1 Å². The number of pyridine rings is 1. The number of aromatic nitrogens is 1. The second-order valence-electron chi connectivity index (χ2n) is 6.20. The Morgan fingerprint density at radius 2 is 1.93 bits per heavy atom. The summed E-state index contributed by atoms with van der Waals surface area (Å²) in [5.74, 6) is -0.229. The van der Waals surface area contributed by atoms with Gasteiger partial charge in [-0.25, -0.2) is 0 Å². The van der Waals surface area contributed by atoms with Crippen molar-refractivity contribution in [2.24, 2.45) is 11.8 Å². The molecule has 0 aliphatic heterocycles. The summed E-state index contributed by atoms with van der Waals surface area (Å²) in [7, 11) is 2.97. The Morgan fingerprint density at radius 3 is 2.59 bits per heavy atom. The van der Waals surface area contributed by atoms with Crippen LogP contribution >= 0.6 is 11.6 Å². The number of anilines is 1. The quantitative estimate of drug-likeness (QED) is 0.759. The Kier molecular flexibility index (Phi) is 5.81. The van der Waals surface area contributed by atoms with Crippen LogP contribution in [0.4, 0.5) is 5.69 Å². The molecule has 0 saturated heterocycles. The highest BCUT2D eigenvalue weighted by atomic mass is 35.5. The molecule has 8 heteroatoms. The lowest BCUT2D eigenvalue weighted by atomic mass is 10.2.